The van der Waals surface area contributed by atoms with Crippen LogP contribution in [0.1, 0.15) is 18.4 Å². The van der Waals surface area contributed by atoms with Gasteiger partial charge in [0.25, 0.3) is 0 Å². The van der Waals surface area contributed by atoms with Crippen molar-refractivity contribution < 1.29 is 4.39 Å². The predicted octanol–water partition coefficient (Wildman–Crippen LogP) is 1.61. The number of nitrogens with one attached hydrogen (secondary N) is 1. The second-order valence-corrected chi connectivity index (χ2v) is 5.61. The van der Waals surface area contributed by atoms with Crippen molar-refractivity contribution in [2.75, 3.05) is 26.2 Å². The number of hydrogen-bond acceptors (Lipinski definition) is 3. The molecule has 1 aromatic rings. The number of piperidine rings is 1. The van der Waals surface area contributed by atoms with Crippen LogP contribution in [0.5, 0.6) is 0 Å². The maximum atomic E-state index is 14.2. The van der Waals surface area contributed by atoms with Crippen LogP contribution in [-0.2, 0) is 6.54 Å². The second-order valence-electron chi connectivity index (χ2n) is 5.61. The van der Waals surface area contributed by atoms with Gasteiger partial charge in [-0.05, 0) is 43.6 Å². The molecule has 0 aromatic carbocycles. The molecule has 1 N–H and O–H groups in total. The van der Waals surface area contributed by atoms with E-state index in [4.69, 9.17) is 0 Å². The largest absolute Gasteiger partial charge is 0.316 e. The minimum Gasteiger partial charge on any atom is -0.316 e. The van der Waals surface area contributed by atoms with Crippen LogP contribution in [0, 0.1) is 5.41 Å². The van der Waals surface area contributed by atoms with Crippen LogP contribution in [-0.4, -0.2) is 42.2 Å². The van der Waals surface area contributed by atoms with E-state index in [0.717, 1.165) is 39.1 Å². The maximum Gasteiger partial charge on any atom is 0.109 e. The van der Waals surface area contributed by atoms with E-state index in [-0.39, 0.29) is 5.41 Å². The summed E-state index contributed by atoms with van der Waals surface area (Å²) in [5, 5.41) is 3.36. The van der Waals surface area contributed by atoms with Crippen LogP contribution < -0.4 is 5.32 Å². The van der Waals surface area contributed by atoms with Crippen LogP contribution in [0.4, 0.5) is 4.39 Å². The Labute approximate surface area is 107 Å². The molecule has 1 spiro atoms. The van der Waals surface area contributed by atoms with E-state index >= 15 is 0 Å². The first-order chi connectivity index (χ1) is 8.78. The molecule has 0 aliphatic carbocycles. The lowest BCUT2D eigenvalue weighted by Crippen LogP contribution is -2.49. The molecule has 1 aromatic heterocycles. The van der Waals surface area contributed by atoms with Gasteiger partial charge in [-0.2, -0.15) is 0 Å². The van der Waals surface area contributed by atoms with Crippen LogP contribution >= 0.6 is 0 Å². The number of nitrogens with zero attached hydrogens (tertiary/aromatic N) is 2. The van der Waals surface area contributed by atoms with Crippen LogP contribution in [0.25, 0.3) is 0 Å². The number of alkyl halides is 1. The third-order valence-electron chi connectivity index (χ3n) is 4.34. The van der Waals surface area contributed by atoms with Crippen molar-refractivity contribution in [2.45, 2.75) is 25.6 Å². The van der Waals surface area contributed by atoms with Gasteiger partial charge in [0.2, 0.25) is 0 Å². The summed E-state index contributed by atoms with van der Waals surface area (Å²) >= 11 is 0. The summed E-state index contributed by atoms with van der Waals surface area (Å²) in [5.41, 5.74) is 1.13. The fraction of sp³-hybridized carbons (Fsp3) is 0.643. The SMILES string of the molecule is FC1CCNCC12CCN(Cc1ccncc1)C2. The summed E-state index contributed by atoms with van der Waals surface area (Å²) in [6, 6.07) is 4.08. The molecule has 0 amide bonds. The third kappa shape index (κ3) is 2.27. The van der Waals surface area contributed by atoms with Crippen LogP contribution in [0.15, 0.2) is 24.5 Å². The van der Waals surface area contributed by atoms with E-state index in [1.807, 2.05) is 24.5 Å². The van der Waals surface area contributed by atoms with Gasteiger partial charge in [0.1, 0.15) is 6.17 Å². The number of aromatic nitrogens is 1. The van der Waals surface area contributed by atoms with Gasteiger partial charge in [-0.1, -0.05) is 0 Å². The van der Waals surface area contributed by atoms with Gasteiger partial charge in [-0.3, -0.25) is 9.88 Å². The lowest BCUT2D eigenvalue weighted by Gasteiger charge is -2.37. The minimum absolute atomic E-state index is 0.134. The molecule has 18 heavy (non-hydrogen) atoms. The summed E-state index contributed by atoms with van der Waals surface area (Å²) in [4.78, 5) is 6.40. The van der Waals surface area contributed by atoms with Gasteiger partial charge in [-0.15, -0.1) is 0 Å². The van der Waals surface area contributed by atoms with Gasteiger partial charge in [-0.25, -0.2) is 4.39 Å². The number of pyridine rings is 1. The average Bonchev–Trinajstić information content (AvgIpc) is 2.79. The minimum atomic E-state index is -0.638. The molecular formula is C14H20FN3. The first-order valence-electron chi connectivity index (χ1n) is 6.75. The summed E-state index contributed by atoms with van der Waals surface area (Å²) < 4.78 is 14.2. The highest BCUT2D eigenvalue weighted by atomic mass is 19.1. The van der Waals surface area contributed by atoms with E-state index < -0.39 is 6.17 Å². The zero-order chi connectivity index (χ0) is 12.4. The zero-order valence-electron chi connectivity index (χ0n) is 10.6. The van der Waals surface area contributed by atoms with Crippen molar-refractivity contribution in [3.05, 3.63) is 30.1 Å². The first kappa shape index (κ1) is 12.1. The molecule has 2 fully saturated rings. The summed E-state index contributed by atoms with van der Waals surface area (Å²) in [7, 11) is 0. The van der Waals surface area contributed by atoms with E-state index in [0.29, 0.717) is 6.42 Å². The number of likely N-dealkylation sites (tertiary alicyclic amines) is 1. The standard InChI is InChI=1S/C14H20FN3/c15-13-3-7-17-10-14(13)4-8-18(11-14)9-12-1-5-16-6-2-12/h1-2,5-6,13,17H,3-4,7-11H2. The molecule has 0 radical (unpaired) electrons. The topological polar surface area (TPSA) is 28.2 Å². The fourth-order valence-electron chi connectivity index (χ4n) is 3.25. The lowest BCUT2D eigenvalue weighted by atomic mass is 9.78. The van der Waals surface area contributed by atoms with Crippen molar-refractivity contribution >= 4 is 0 Å². The molecule has 3 nitrogen and oxygen atoms in total. The third-order valence-corrected chi connectivity index (χ3v) is 4.34. The van der Waals surface area contributed by atoms with Crippen molar-refractivity contribution in [1.82, 2.24) is 15.2 Å². The van der Waals surface area contributed by atoms with E-state index in [2.05, 4.69) is 15.2 Å². The van der Waals surface area contributed by atoms with E-state index in [1.54, 1.807) is 0 Å². The lowest BCUT2D eigenvalue weighted by molar-refractivity contribution is 0.0748. The second kappa shape index (κ2) is 4.94. The molecule has 3 heterocycles. The quantitative estimate of drug-likeness (QED) is 0.863. The summed E-state index contributed by atoms with van der Waals surface area (Å²) in [6.07, 6.45) is 4.65. The molecule has 2 unspecified atom stereocenters. The average molecular weight is 249 g/mol. The van der Waals surface area contributed by atoms with Gasteiger partial charge < -0.3 is 5.32 Å². The van der Waals surface area contributed by atoms with E-state index in [1.165, 1.54) is 5.56 Å². The Morgan fingerprint density at radius 1 is 1.44 bits per heavy atom. The molecule has 2 aliphatic heterocycles. The molecule has 4 heteroatoms. The summed E-state index contributed by atoms with van der Waals surface area (Å²) in [6.45, 7) is 4.46. The molecule has 0 bridgehead atoms. The molecule has 2 saturated heterocycles. The Bertz CT molecular complexity index is 397. The zero-order valence-corrected chi connectivity index (χ0v) is 10.6. The molecular weight excluding hydrogens is 229 g/mol. The van der Waals surface area contributed by atoms with Crippen LogP contribution in [0.3, 0.4) is 0 Å². The fourth-order valence-corrected chi connectivity index (χ4v) is 3.25. The van der Waals surface area contributed by atoms with Crippen molar-refractivity contribution in [2.24, 2.45) is 5.41 Å². The maximum absolute atomic E-state index is 14.2. The highest BCUT2D eigenvalue weighted by molar-refractivity contribution is 5.10. The van der Waals surface area contributed by atoms with Gasteiger partial charge in [0.05, 0.1) is 0 Å². The van der Waals surface area contributed by atoms with E-state index in [9.17, 15) is 4.39 Å². The smallest absolute Gasteiger partial charge is 0.109 e. The highest BCUT2D eigenvalue weighted by Crippen LogP contribution is 2.38. The normalized spacial score (nSPS) is 33.1. The van der Waals surface area contributed by atoms with Crippen LogP contribution in [0.2, 0.25) is 0 Å². The molecule has 98 valence electrons. The Kier molecular flexibility index (Phi) is 3.31. The molecule has 3 rings (SSSR count). The van der Waals surface area contributed by atoms with Gasteiger partial charge in [0, 0.05) is 37.4 Å². The predicted molar refractivity (Wildman–Crippen MR) is 68.9 cm³/mol. The Hall–Kier alpha value is -1.00. The molecule has 2 atom stereocenters. The highest BCUT2D eigenvalue weighted by Gasteiger charge is 2.46. The molecule has 2 aliphatic rings. The Morgan fingerprint density at radius 2 is 2.28 bits per heavy atom. The Balaban J connectivity index is 1.64. The van der Waals surface area contributed by atoms with Crippen molar-refractivity contribution in [3.8, 4) is 0 Å². The van der Waals surface area contributed by atoms with Gasteiger partial charge >= 0.3 is 0 Å². The van der Waals surface area contributed by atoms with Crippen molar-refractivity contribution in [1.29, 1.82) is 0 Å². The van der Waals surface area contributed by atoms with Gasteiger partial charge in [0.15, 0.2) is 0 Å². The number of halogens is 1. The summed E-state index contributed by atoms with van der Waals surface area (Å²) in [5.74, 6) is 0. The monoisotopic (exact) mass is 249 g/mol. The van der Waals surface area contributed by atoms with Crippen molar-refractivity contribution in [3.63, 3.8) is 0 Å². The number of rotatable bonds is 2. The Morgan fingerprint density at radius 3 is 3.06 bits per heavy atom. The molecule has 0 saturated carbocycles. The number of hydrogen-bond donors (Lipinski definition) is 1. The first-order valence-corrected chi connectivity index (χ1v) is 6.75.